The SMILES string of the molecule is CCN1CCCC1CNS(=O)(=O)c1ccc(Cl)c(N)c1Cl. The van der Waals surface area contributed by atoms with Crippen molar-refractivity contribution in [3.8, 4) is 0 Å². The smallest absolute Gasteiger partial charge is 0.242 e. The van der Waals surface area contributed by atoms with E-state index in [0.717, 1.165) is 25.9 Å². The molecule has 0 spiro atoms. The fraction of sp³-hybridized carbons (Fsp3) is 0.538. The topological polar surface area (TPSA) is 75.4 Å². The molecule has 1 aliphatic rings. The highest BCUT2D eigenvalue weighted by atomic mass is 35.5. The molecule has 2 rings (SSSR count). The molecule has 1 heterocycles. The van der Waals surface area contributed by atoms with Gasteiger partial charge in [-0.3, -0.25) is 4.90 Å². The first kappa shape index (κ1) is 16.8. The minimum Gasteiger partial charge on any atom is -0.396 e. The van der Waals surface area contributed by atoms with Crippen LogP contribution in [0.15, 0.2) is 17.0 Å². The molecule has 0 aromatic heterocycles. The van der Waals surface area contributed by atoms with Gasteiger partial charge in [0.25, 0.3) is 0 Å². The predicted octanol–water partition coefficient (Wildman–Crippen LogP) is 2.34. The lowest BCUT2D eigenvalue weighted by atomic mass is 10.2. The van der Waals surface area contributed by atoms with Crippen molar-refractivity contribution in [3.05, 3.63) is 22.2 Å². The number of rotatable bonds is 5. The molecular formula is C13H19Cl2N3O2S. The van der Waals surface area contributed by atoms with Gasteiger partial charge in [-0.25, -0.2) is 13.1 Å². The second-order valence-electron chi connectivity index (χ2n) is 5.05. The number of benzene rings is 1. The summed E-state index contributed by atoms with van der Waals surface area (Å²) in [4.78, 5) is 2.23. The maximum Gasteiger partial charge on any atom is 0.242 e. The molecule has 0 radical (unpaired) electrons. The first-order valence-electron chi connectivity index (χ1n) is 6.84. The third-order valence-electron chi connectivity index (χ3n) is 3.79. The number of anilines is 1. The van der Waals surface area contributed by atoms with Crippen molar-refractivity contribution in [2.24, 2.45) is 0 Å². The van der Waals surface area contributed by atoms with E-state index in [2.05, 4.69) is 16.5 Å². The van der Waals surface area contributed by atoms with Crippen molar-refractivity contribution in [3.63, 3.8) is 0 Å². The van der Waals surface area contributed by atoms with Crippen LogP contribution in [0.4, 0.5) is 5.69 Å². The van der Waals surface area contributed by atoms with Crippen LogP contribution in [0.3, 0.4) is 0 Å². The minimum atomic E-state index is -3.70. The highest BCUT2D eigenvalue weighted by Crippen LogP contribution is 2.33. The standard InChI is InChI=1S/C13H19Cl2N3O2S/c1-2-18-7-3-4-9(18)8-17-21(19,20)11-6-5-10(14)13(16)12(11)15/h5-6,9,17H,2-4,7-8,16H2,1H3. The third-order valence-corrected chi connectivity index (χ3v) is 6.11. The van der Waals surface area contributed by atoms with Gasteiger partial charge in [0.05, 0.1) is 15.7 Å². The maximum absolute atomic E-state index is 12.4. The van der Waals surface area contributed by atoms with E-state index in [1.165, 1.54) is 12.1 Å². The van der Waals surface area contributed by atoms with Crippen LogP contribution in [0.25, 0.3) is 0 Å². The van der Waals surface area contributed by atoms with Crippen LogP contribution in [0.1, 0.15) is 19.8 Å². The number of hydrogen-bond donors (Lipinski definition) is 2. The Morgan fingerprint density at radius 3 is 2.81 bits per heavy atom. The molecule has 0 aliphatic carbocycles. The number of likely N-dealkylation sites (tertiary alicyclic amines) is 1. The summed E-state index contributed by atoms with van der Waals surface area (Å²) in [6, 6.07) is 3.04. The summed E-state index contributed by atoms with van der Waals surface area (Å²) in [5, 5.41) is 0.209. The minimum absolute atomic E-state index is 0.0335. The average molecular weight is 352 g/mol. The van der Waals surface area contributed by atoms with Crippen LogP contribution in [-0.4, -0.2) is 39.0 Å². The number of likely N-dealkylation sites (N-methyl/N-ethyl adjacent to an activating group) is 1. The lowest BCUT2D eigenvalue weighted by Crippen LogP contribution is -2.40. The van der Waals surface area contributed by atoms with E-state index < -0.39 is 10.0 Å². The molecule has 1 fully saturated rings. The summed E-state index contributed by atoms with van der Waals surface area (Å²) in [5.41, 5.74) is 5.76. The van der Waals surface area contributed by atoms with Crippen molar-refractivity contribution in [1.82, 2.24) is 9.62 Å². The van der Waals surface area contributed by atoms with Gasteiger partial charge in [-0.15, -0.1) is 0 Å². The molecule has 1 aromatic rings. The molecule has 21 heavy (non-hydrogen) atoms. The van der Waals surface area contributed by atoms with Crippen LogP contribution >= 0.6 is 23.2 Å². The van der Waals surface area contributed by atoms with Gasteiger partial charge in [-0.2, -0.15) is 0 Å². The normalized spacial score (nSPS) is 20.0. The third kappa shape index (κ3) is 3.63. The van der Waals surface area contributed by atoms with Gasteiger partial charge in [0.15, 0.2) is 0 Å². The van der Waals surface area contributed by atoms with Crippen LogP contribution in [0.2, 0.25) is 10.0 Å². The molecule has 0 bridgehead atoms. The molecule has 1 atom stereocenters. The fourth-order valence-electron chi connectivity index (χ4n) is 2.58. The van der Waals surface area contributed by atoms with Crippen LogP contribution in [-0.2, 0) is 10.0 Å². The molecule has 5 nitrogen and oxygen atoms in total. The number of nitrogens with two attached hydrogens (primary N) is 1. The van der Waals surface area contributed by atoms with E-state index in [9.17, 15) is 8.42 Å². The molecular weight excluding hydrogens is 333 g/mol. The Labute approximate surface area is 135 Å². The van der Waals surface area contributed by atoms with Gasteiger partial charge in [0.2, 0.25) is 10.0 Å². The summed E-state index contributed by atoms with van der Waals surface area (Å²) in [7, 11) is -3.70. The highest BCUT2D eigenvalue weighted by molar-refractivity contribution is 7.89. The number of nitrogen functional groups attached to an aromatic ring is 1. The molecule has 1 aliphatic heterocycles. The van der Waals surface area contributed by atoms with Crippen molar-refractivity contribution in [2.75, 3.05) is 25.4 Å². The molecule has 1 aromatic carbocycles. The number of hydrogen-bond acceptors (Lipinski definition) is 4. The average Bonchev–Trinajstić information content (AvgIpc) is 2.90. The summed E-state index contributed by atoms with van der Waals surface area (Å²) in [6.45, 7) is 4.37. The Balaban J connectivity index is 2.14. The zero-order valence-electron chi connectivity index (χ0n) is 11.8. The Kier molecular flexibility index (Phi) is 5.38. The molecule has 8 heteroatoms. The summed E-state index contributed by atoms with van der Waals surface area (Å²) < 4.78 is 27.3. The molecule has 1 unspecified atom stereocenters. The number of nitrogens with one attached hydrogen (secondary N) is 1. The van der Waals surface area contributed by atoms with Crippen LogP contribution in [0, 0.1) is 0 Å². The van der Waals surface area contributed by atoms with Crippen molar-refractivity contribution < 1.29 is 8.42 Å². The zero-order chi connectivity index (χ0) is 15.6. The molecule has 1 saturated heterocycles. The first-order chi connectivity index (χ1) is 9.86. The Morgan fingerprint density at radius 1 is 1.43 bits per heavy atom. The number of nitrogens with zero attached hydrogens (tertiary/aromatic N) is 1. The van der Waals surface area contributed by atoms with E-state index in [1.807, 2.05) is 0 Å². The zero-order valence-corrected chi connectivity index (χ0v) is 14.1. The van der Waals surface area contributed by atoms with Gasteiger partial charge < -0.3 is 5.73 Å². The Bertz CT molecular complexity index is 622. The summed E-state index contributed by atoms with van der Waals surface area (Å²) >= 11 is 11.8. The maximum atomic E-state index is 12.4. The van der Waals surface area contributed by atoms with Crippen molar-refractivity contribution in [2.45, 2.75) is 30.7 Å². The van der Waals surface area contributed by atoms with Gasteiger partial charge in [0, 0.05) is 12.6 Å². The van der Waals surface area contributed by atoms with Crippen molar-refractivity contribution >= 4 is 38.9 Å². The molecule has 0 amide bonds. The quantitative estimate of drug-likeness (QED) is 0.798. The lowest BCUT2D eigenvalue weighted by Gasteiger charge is -2.23. The van der Waals surface area contributed by atoms with E-state index in [4.69, 9.17) is 28.9 Å². The first-order valence-corrected chi connectivity index (χ1v) is 9.08. The second kappa shape index (κ2) is 6.71. The number of sulfonamides is 1. The fourth-order valence-corrected chi connectivity index (χ4v) is 4.42. The van der Waals surface area contributed by atoms with Gasteiger partial charge >= 0.3 is 0 Å². The van der Waals surface area contributed by atoms with E-state index in [0.29, 0.717) is 6.54 Å². The molecule has 118 valence electrons. The number of halogens is 2. The second-order valence-corrected chi connectivity index (χ2v) is 7.57. The van der Waals surface area contributed by atoms with E-state index >= 15 is 0 Å². The largest absolute Gasteiger partial charge is 0.396 e. The van der Waals surface area contributed by atoms with Crippen molar-refractivity contribution in [1.29, 1.82) is 0 Å². The van der Waals surface area contributed by atoms with Crippen LogP contribution < -0.4 is 10.5 Å². The Hall–Kier alpha value is -0.530. The van der Waals surface area contributed by atoms with E-state index in [-0.39, 0.29) is 26.7 Å². The van der Waals surface area contributed by atoms with Gasteiger partial charge in [-0.05, 0) is 38.1 Å². The monoisotopic (exact) mass is 351 g/mol. The highest BCUT2D eigenvalue weighted by Gasteiger charge is 2.26. The lowest BCUT2D eigenvalue weighted by molar-refractivity contribution is 0.268. The summed E-state index contributed by atoms with van der Waals surface area (Å²) in [5.74, 6) is 0. The molecule has 0 saturated carbocycles. The van der Waals surface area contributed by atoms with E-state index in [1.54, 1.807) is 0 Å². The predicted molar refractivity (Wildman–Crippen MR) is 86.3 cm³/mol. The van der Waals surface area contributed by atoms with Crippen LogP contribution in [0.5, 0.6) is 0 Å². The van der Waals surface area contributed by atoms with Gasteiger partial charge in [-0.1, -0.05) is 30.1 Å². The molecule has 3 N–H and O–H groups in total. The summed E-state index contributed by atoms with van der Waals surface area (Å²) in [6.07, 6.45) is 2.09. The van der Waals surface area contributed by atoms with Gasteiger partial charge in [0.1, 0.15) is 4.90 Å². The Morgan fingerprint density at radius 2 is 2.14 bits per heavy atom.